The van der Waals surface area contributed by atoms with Gasteiger partial charge in [0.25, 0.3) is 5.56 Å². The Kier molecular flexibility index (Phi) is 2.18. The lowest BCUT2D eigenvalue weighted by Crippen LogP contribution is -2.20. The summed E-state index contributed by atoms with van der Waals surface area (Å²) in [6, 6.07) is 1.84. The van der Waals surface area contributed by atoms with E-state index in [1.54, 1.807) is 11.6 Å². The molecule has 1 heterocycles. The monoisotopic (exact) mass is 215 g/mol. The van der Waals surface area contributed by atoms with Gasteiger partial charge >= 0.3 is 0 Å². The van der Waals surface area contributed by atoms with Crippen molar-refractivity contribution in [3.8, 4) is 0 Å². The average molecular weight is 216 g/mol. The van der Waals surface area contributed by atoms with E-state index in [0.717, 1.165) is 11.3 Å². The molecular weight excluding hydrogens is 206 g/mol. The molecule has 0 bridgehead atoms. The summed E-state index contributed by atoms with van der Waals surface area (Å²) in [7, 11) is 1.77. The summed E-state index contributed by atoms with van der Waals surface area (Å²) in [5.41, 5.74) is 2.16. The van der Waals surface area contributed by atoms with Crippen molar-refractivity contribution in [1.29, 1.82) is 0 Å². The van der Waals surface area contributed by atoms with Crippen LogP contribution in [0, 0.1) is 13.8 Å². The summed E-state index contributed by atoms with van der Waals surface area (Å²) in [5.74, 6) is 0. The van der Waals surface area contributed by atoms with E-state index in [-0.39, 0.29) is 5.56 Å². The Hall–Kier alpha value is -0.570. The molecule has 0 saturated heterocycles. The van der Waals surface area contributed by atoms with E-state index in [9.17, 15) is 4.79 Å². The molecule has 60 valence electrons. The zero-order valence-corrected chi connectivity index (χ0v) is 8.40. The first-order valence-corrected chi connectivity index (χ1v) is 4.16. The molecule has 0 amide bonds. The van der Waals surface area contributed by atoms with Crippen LogP contribution in [0.3, 0.4) is 0 Å². The molecule has 0 unspecified atom stereocenters. The summed E-state index contributed by atoms with van der Waals surface area (Å²) in [4.78, 5) is 11.3. The minimum Gasteiger partial charge on any atom is -0.315 e. The maximum atomic E-state index is 11.3. The third kappa shape index (κ3) is 1.38. The number of aromatic nitrogens is 1. The van der Waals surface area contributed by atoms with Crippen LogP contribution in [0.15, 0.2) is 15.3 Å². The Morgan fingerprint density at radius 2 is 2.00 bits per heavy atom. The fourth-order valence-electron chi connectivity index (χ4n) is 0.933. The largest absolute Gasteiger partial charge is 0.315 e. The van der Waals surface area contributed by atoms with Crippen LogP contribution in [0.4, 0.5) is 0 Å². The van der Waals surface area contributed by atoms with Crippen molar-refractivity contribution >= 4 is 15.9 Å². The van der Waals surface area contributed by atoms with E-state index in [4.69, 9.17) is 0 Å². The molecule has 0 aliphatic heterocycles. The molecule has 1 aromatic heterocycles. The van der Waals surface area contributed by atoms with Crippen molar-refractivity contribution < 1.29 is 0 Å². The standard InChI is InChI=1S/C8H10BrNO/c1-5-4-7(9)8(11)10(3)6(5)2/h4H,1-3H3. The smallest absolute Gasteiger partial charge is 0.264 e. The van der Waals surface area contributed by atoms with E-state index >= 15 is 0 Å². The second-order valence-electron chi connectivity index (χ2n) is 2.62. The Labute approximate surface area is 74.0 Å². The highest BCUT2D eigenvalue weighted by atomic mass is 79.9. The van der Waals surface area contributed by atoms with Gasteiger partial charge in [0, 0.05) is 12.7 Å². The first-order chi connectivity index (χ1) is 5.04. The van der Waals surface area contributed by atoms with Gasteiger partial charge in [0.1, 0.15) is 0 Å². The number of hydrogen-bond donors (Lipinski definition) is 0. The second-order valence-corrected chi connectivity index (χ2v) is 3.48. The lowest BCUT2D eigenvalue weighted by molar-refractivity contribution is 0.802. The van der Waals surface area contributed by atoms with Gasteiger partial charge in [0.15, 0.2) is 0 Å². The predicted octanol–water partition coefficient (Wildman–Crippen LogP) is 1.76. The summed E-state index contributed by atoms with van der Waals surface area (Å²) in [6.07, 6.45) is 0. The lowest BCUT2D eigenvalue weighted by Gasteiger charge is -2.06. The highest BCUT2D eigenvalue weighted by Gasteiger charge is 2.02. The van der Waals surface area contributed by atoms with Gasteiger partial charge in [-0.2, -0.15) is 0 Å². The molecule has 0 aliphatic carbocycles. The van der Waals surface area contributed by atoms with Crippen LogP contribution < -0.4 is 5.56 Å². The first-order valence-electron chi connectivity index (χ1n) is 3.36. The van der Waals surface area contributed by atoms with Crippen LogP contribution in [-0.4, -0.2) is 4.57 Å². The van der Waals surface area contributed by atoms with Crippen LogP contribution in [0.5, 0.6) is 0 Å². The Morgan fingerprint density at radius 1 is 1.45 bits per heavy atom. The van der Waals surface area contributed by atoms with E-state index in [0.29, 0.717) is 4.47 Å². The molecule has 1 rings (SSSR count). The molecular formula is C8H10BrNO. The highest BCUT2D eigenvalue weighted by Crippen LogP contribution is 2.09. The van der Waals surface area contributed by atoms with Gasteiger partial charge in [-0.25, -0.2) is 0 Å². The van der Waals surface area contributed by atoms with Gasteiger partial charge in [-0.3, -0.25) is 4.79 Å². The molecule has 0 N–H and O–H groups in total. The van der Waals surface area contributed by atoms with Crippen LogP contribution in [0.1, 0.15) is 11.3 Å². The molecule has 0 spiro atoms. The molecule has 0 aliphatic rings. The molecule has 11 heavy (non-hydrogen) atoms. The second kappa shape index (κ2) is 2.81. The quantitative estimate of drug-likeness (QED) is 0.647. The van der Waals surface area contributed by atoms with Gasteiger partial charge < -0.3 is 4.57 Å². The lowest BCUT2D eigenvalue weighted by atomic mass is 10.2. The maximum absolute atomic E-state index is 11.3. The molecule has 0 saturated carbocycles. The van der Waals surface area contributed by atoms with Crippen LogP contribution in [-0.2, 0) is 7.05 Å². The number of rotatable bonds is 0. The third-order valence-electron chi connectivity index (χ3n) is 1.93. The third-order valence-corrected chi connectivity index (χ3v) is 2.49. The molecule has 0 fully saturated rings. The van der Waals surface area contributed by atoms with Crippen molar-refractivity contribution in [2.45, 2.75) is 13.8 Å². The van der Waals surface area contributed by atoms with Crippen LogP contribution >= 0.6 is 15.9 Å². The van der Waals surface area contributed by atoms with Gasteiger partial charge in [0.05, 0.1) is 4.47 Å². The first kappa shape index (κ1) is 8.53. The highest BCUT2D eigenvalue weighted by molar-refractivity contribution is 9.10. The topological polar surface area (TPSA) is 22.0 Å². The van der Waals surface area contributed by atoms with Crippen molar-refractivity contribution in [1.82, 2.24) is 4.57 Å². The number of hydrogen-bond acceptors (Lipinski definition) is 1. The normalized spacial score (nSPS) is 10.2. The van der Waals surface area contributed by atoms with Crippen molar-refractivity contribution in [3.05, 3.63) is 32.2 Å². The zero-order chi connectivity index (χ0) is 8.59. The maximum Gasteiger partial charge on any atom is 0.264 e. The number of nitrogens with zero attached hydrogens (tertiary/aromatic N) is 1. The Morgan fingerprint density at radius 3 is 2.55 bits per heavy atom. The predicted molar refractivity (Wildman–Crippen MR) is 48.9 cm³/mol. The molecule has 0 radical (unpaired) electrons. The van der Waals surface area contributed by atoms with Crippen molar-refractivity contribution in [2.75, 3.05) is 0 Å². The Balaban J connectivity index is 3.59. The van der Waals surface area contributed by atoms with E-state index < -0.39 is 0 Å². The summed E-state index contributed by atoms with van der Waals surface area (Å²) in [6.45, 7) is 3.92. The summed E-state index contributed by atoms with van der Waals surface area (Å²) < 4.78 is 2.27. The molecule has 1 aromatic rings. The fourth-order valence-corrected chi connectivity index (χ4v) is 1.54. The van der Waals surface area contributed by atoms with Gasteiger partial charge in [0.2, 0.25) is 0 Å². The summed E-state index contributed by atoms with van der Waals surface area (Å²) in [5, 5.41) is 0. The summed E-state index contributed by atoms with van der Waals surface area (Å²) >= 11 is 3.20. The number of halogens is 1. The van der Waals surface area contributed by atoms with Gasteiger partial charge in [-0.05, 0) is 41.4 Å². The van der Waals surface area contributed by atoms with E-state index in [1.165, 1.54) is 0 Å². The van der Waals surface area contributed by atoms with Gasteiger partial charge in [-0.15, -0.1) is 0 Å². The van der Waals surface area contributed by atoms with Crippen molar-refractivity contribution in [3.63, 3.8) is 0 Å². The molecule has 0 aromatic carbocycles. The van der Waals surface area contributed by atoms with Gasteiger partial charge in [-0.1, -0.05) is 0 Å². The molecule has 2 nitrogen and oxygen atoms in total. The minimum absolute atomic E-state index is 0.0214. The zero-order valence-electron chi connectivity index (χ0n) is 6.81. The van der Waals surface area contributed by atoms with E-state index in [1.807, 2.05) is 19.9 Å². The SMILES string of the molecule is Cc1cc(Br)c(=O)n(C)c1C. The fraction of sp³-hybridized carbons (Fsp3) is 0.375. The van der Waals surface area contributed by atoms with Crippen molar-refractivity contribution in [2.24, 2.45) is 7.05 Å². The Bertz CT molecular complexity index is 341. The number of pyridine rings is 1. The number of aryl methyl sites for hydroxylation is 1. The average Bonchev–Trinajstić information content (AvgIpc) is 1.97. The molecule has 0 atom stereocenters. The molecule has 3 heteroatoms. The minimum atomic E-state index is 0.0214. The van der Waals surface area contributed by atoms with Crippen LogP contribution in [0.2, 0.25) is 0 Å². The van der Waals surface area contributed by atoms with E-state index in [2.05, 4.69) is 15.9 Å². The van der Waals surface area contributed by atoms with Crippen LogP contribution in [0.25, 0.3) is 0 Å².